The van der Waals surface area contributed by atoms with E-state index in [1.807, 2.05) is 19.1 Å². The number of benzene rings is 1. The van der Waals surface area contributed by atoms with E-state index in [0.29, 0.717) is 31.0 Å². The Morgan fingerprint density at radius 2 is 2.04 bits per heavy atom. The van der Waals surface area contributed by atoms with Gasteiger partial charge in [0.05, 0.1) is 24.2 Å². The Kier molecular flexibility index (Phi) is 5.88. The van der Waals surface area contributed by atoms with Crippen LogP contribution in [0, 0.1) is 17.0 Å². The fourth-order valence-corrected chi connectivity index (χ4v) is 3.19. The second-order valence-corrected chi connectivity index (χ2v) is 6.54. The quantitative estimate of drug-likeness (QED) is 0.452. The van der Waals surface area contributed by atoms with Crippen molar-refractivity contribution in [1.29, 1.82) is 0 Å². The van der Waals surface area contributed by atoms with Crippen LogP contribution in [0.2, 0.25) is 0 Å². The summed E-state index contributed by atoms with van der Waals surface area (Å²) in [7, 11) is 0. The minimum absolute atomic E-state index is 0.0744. The standard InChI is InChI=1S/C19H23N3O5/c1-13-3-6-19(27-13)18(21-7-9-26-10-8-21)12-20-16-5-4-15(14(2)23)11-17(16)22(24)25/h3-6,11,18,20H,7-10,12H2,1-2H3. The number of furan rings is 1. The number of nitrogens with zero attached hydrogens (tertiary/aromatic N) is 2. The van der Waals surface area contributed by atoms with Crippen molar-refractivity contribution in [3.63, 3.8) is 0 Å². The predicted molar refractivity (Wildman–Crippen MR) is 100 cm³/mol. The largest absolute Gasteiger partial charge is 0.465 e. The molecule has 3 rings (SSSR count). The Hall–Kier alpha value is -2.71. The molecule has 27 heavy (non-hydrogen) atoms. The fraction of sp³-hybridized carbons (Fsp3) is 0.421. The van der Waals surface area contributed by atoms with Gasteiger partial charge in [-0.25, -0.2) is 0 Å². The number of morpholine rings is 1. The molecule has 0 saturated carbocycles. The van der Waals surface area contributed by atoms with E-state index < -0.39 is 4.92 Å². The van der Waals surface area contributed by atoms with Crippen LogP contribution in [0.4, 0.5) is 11.4 Å². The SMILES string of the molecule is CC(=O)c1ccc(NCC(c2ccc(C)o2)N2CCOCC2)c([N+](=O)[O-])c1. The van der Waals surface area contributed by atoms with Crippen LogP contribution in [0.1, 0.15) is 34.8 Å². The molecular formula is C19H23N3O5. The van der Waals surface area contributed by atoms with Crippen LogP contribution in [0.15, 0.2) is 34.7 Å². The van der Waals surface area contributed by atoms with Gasteiger partial charge in [-0.05, 0) is 38.1 Å². The van der Waals surface area contributed by atoms with Crippen molar-refractivity contribution in [1.82, 2.24) is 4.90 Å². The van der Waals surface area contributed by atoms with Crippen LogP contribution in [-0.4, -0.2) is 48.5 Å². The summed E-state index contributed by atoms with van der Waals surface area (Å²) < 4.78 is 11.2. The fourth-order valence-electron chi connectivity index (χ4n) is 3.19. The number of hydrogen-bond acceptors (Lipinski definition) is 7. The number of nitro groups is 1. The number of nitro benzene ring substituents is 1. The highest BCUT2D eigenvalue weighted by Gasteiger charge is 2.26. The zero-order valence-corrected chi connectivity index (χ0v) is 15.4. The van der Waals surface area contributed by atoms with Gasteiger partial charge in [-0.2, -0.15) is 0 Å². The Balaban J connectivity index is 1.82. The van der Waals surface area contributed by atoms with Crippen molar-refractivity contribution in [3.8, 4) is 0 Å². The molecule has 1 N–H and O–H groups in total. The average molecular weight is 373 g/mol. The van der Waals surface area contributed by atoms with Gasteiger partial charge < -0.3 is 14.5 Å². The number of aryl methyl sites for hydroxylation is 1. The summed E-state index contributed by atoms with van der Waals surface area (Å²) in [5.41, 5.74) is 0.587. The molecule has 0 radical (unpaired) electrons. The van der Waals surface area contributed by atoms with Gasteiger partial charge in [0, 0.05) is 31.3 Å². The lowest BCUT2D eigenvalue weighted by molar-refractivity contribution is -0.384. The number of rotatable bonds is 7. The van der Waals surface area contributed by atoms with Gasteiger partial charge >= 0.3 is 0 Å². The number of Topliss-reactive ketones (excluding diaryl/α,β-unsaturated/α-hetero) is 1. The lowest BCUT2D eigenvalue weighted by Gasteiger charge is -2.33. The van der Waals surface area contributed by atoms with E-state index in [1.54, 1.807) is 12.1 Å². The summed E-state index contributed by atoms with van der Waals surface area (Å²) in [6.07, 6.45) is 0. The van der Waals surface area contributed by atoms with Gasteiger partial charge in [0.2, 0.25) is 0 Å². The van der Waals surface area contributed by atoms with Crippen molar-refractivity contribution in [2.45, 2.75) is 19.9 Å². The highest BCUT2D eigenvalue weighted by atomic mass is 16.6. The number of carbonyl (C=O) groups excluding carboxylic acids is 1. The number of hydrogen-bond donors (Lipinski definition) is 1. The summed E-state index contributed by atoms with van der Waals surface area (Å²) in [5.74, 6) is 1.42. The topological polar surface area (TPSA) is 97.9 Å². The van der Waals surface area contributed by atoms with Crippen molar-refractivity contribution in [3.05, 3.63) is 57.5 Å². The molecule has 0 bridgehead atoms. The zero-order valence-electron chi connectivity index (χ0n) is 15.4. The summed E-state index contributed by atoms with van der Waals surface area (Å²) in [6, 6.07) is 8.26. The first kappa shape index (κ1) is 19.1. The molecule has 8 nitrogen and oxygen atoms in total. The molecule has 1 unspecified atom stereocenters. The lowest BCUT2D eigenvalue weighted by Crippen LogP contribution is -2.41. The van der Waals surface area contributed by atoms with E-state index in [-0.39, 0.29) is 17.5 Å². The van der Waals surface area contributed by atoms with E-state index >= 15 is 0 Å². The third-order valence-corrected chi connectivity index (χ3v) is 4.66. The summed E-state index contributed by atoms with van der Waals surface area (Å²) >= 11 is 0. The first-order valence-corrected chi connectivity index (χ1v) is 8.87. The van der Waals surface area contributed by atoms with Gasteiger partial charge in [0.1, 0.15) is 17.2 Å². The summed E-state index contributed by atoms with van der Waals surface area (Å²) in [4.78, 5) is 24.7. The van der Waals surface area contributed by atoms with Crippen LogP contribution in [0.3, 0.4) is 0 Å². The van der Waals surface area contributed by atoms with Crippen LogP contribution >= 0.6 is 0 Å². The number of ether oxygens (including phenoxy) is 1. The molecule has 0 aliphatic carbocycles. The number of carbonyl (C=O) groups is 1. The number of anilines is 1. The molecule has 1 fully saturated rings. The van der Waals surface area contributed by atoms with Crippen LogP contribution in [0.25, 0.3) is 0 Å². The van der Waals surface area contributed by atoms with E-state index in [4.69, 9.17) is 9.15 Å². The monoisotopic (exact) mass is 373 g/mol. The predicted octanol–water partition coefficient (Wildman–Crippen LogP) is 3.18. The molecule has 1 aliphatic heterocycles. The highest BCUT2D eigenvalue weighted by Crippen LogP contribution is 2.29. The smallest absolute Gasteiger partial charge is 0.293 e. The minimum atomic E-state index is -0.477. The average Bonchev–Trinajstić information content (AvgIpc) is 3.08. The van der Waals surface area contributed by atoms with Crippen molar-refractivity contribution >= 4 is 17.2 Å². The van der Waals surface area contributed by atoms with Gasteiger partial charge in [-0.15, -0.1) is 0 Å². The normalized spacial score (nSPS) is 16.1. The summed E-state index contributed by atoms with van der Waals surface area (Å²) in [6.45, 7) is 6.52. The minimum Gasteiger partial charge on any atom is -0.465 e. The molecule has 1 saturated heterocycles. The molecular weight excluding hydrogens is 350 g/mol. The van der Waals surface area contributed by atoms with Crippen LogP contribution in [0.5, 0.6) is 0 Å². The van der Waals surface area contributed by atoms with Gasteiger partial charge in [0.15, 0.2) is 5.78 Å². The Morgan fingerprint density at radius 3 is 2.63 bits per heavy atom. The van der Waals surface area contributed by atoms with Crippen molar-refractivity contribution in [2.24, 2.45) is 0 Å². The maximum Gasteiger partial charge on any atom is 0.293 e. The molecule has 2 aromatic rings. The Morgan fingerprint density at radius 1 is 1.30 bits per heavy atom. The van der Waals surface area contributed by atoms with E-state index in [0.717, 1.165) is 24.6 Å². The second-order valence-electron chi connectivity index (χ2n) is 6.54. The second kappa shape index (κ2) is 8.32. The van der Waals surface area contributed by atoms with E-state index in [9.17, 15) is 14.9 Å². The maximum atomic E-state index is 11.5. The van der Waals surface area contributed by atoms with Gasteiger partial charge in [-0.3, -0.25) is 19.8 Å². The van der Waals surface area contributed by atoms with Gasteiger partial charge in [0.25, 0.3) is 5.69 Å². The molecule has 1 aliphatic rings. The summed E-state index contributed by atoms with van der Waals surface area (Å²) in [5, 5.41) is 14.6. The number of nitrogens with one attached hydrogen (secondary N) is 1. The molecule has 8 heteroatoms. The third kappa shape index (κ3) is 4.53. The molecule has 1 aromatic heterocycles. The first-order chi connectivity index (χ1) is 13.0. The van der Waals surface area contributed by atoms with Crippen LogP contribution in [-0.2, 0) is 4.74 Å². The molecule has 1 aromatic carbocycles. The third-order valence-electron chi connectivity index (χ3n) is 4.66. The van der Waals surface area contributed by atoms with Gasteiger partial charge in [-0.1, -0.05) is 0 Å². The molecule has 0 spiro atoms. The van der Waals surface area contributed by atoms with E-state index in [2.05, 4.69) is 10.2 Å². The number of ketones is 1. The van der Waals surface area contributed by atoms with E-state index in [1.165, 1.54) is 13.0 Å². The Bertz CT molecular complexity index is 827. The molecule has 2 heterocycles. The Labute approximate surface area is 157 Å². The van der Waals surface area contributed by atoms with Crippen molar-refractivity contribution < 1.29 is 18.9 Å². The van der Waals surface area contributed by atoms with Crippen LogP contribution < -0.4 is 5.32 Å². The molecule has 144 valence electrons. The first-order valence-electron chi connectivity index (χ1n) is 8.87. The van der Waals surface area contributed by atoms with Crippen molar-refractivity contribution in [2.75, 3.05) is 38.2 Å². The molecule has 0 amide bonds. The molecule has 1 atom stereocenters. The lowest BCUT2D eigenvalue weighted by atomic mass is 10.1. The maximum absolute atomic E-state index is 11.5. The zero-order chi connectivity index (χ0) is 19.4. The highest BCUT2D eigenvalue weighted by molar-refractivity contribution is 5.95.